The number of ether oxygens (including phenoxy) is 2. The first-order valence-corrected chi connectivity index (χ1v) is 6.90. The predicted molar refractivity (Wildman–Crippen MR) is 75.7 cm³/mol. The monoisotopic (exact) mass is 273 g/mol. The smallest absolute Gasteiger partial charge is 0.231 e. The quantitative estimate of drug-likeness (QED) is 0.909. The number of nitrogens with one attached hydrogen (secondary N) is 1. The minimum atomic E-state index is 0.265. The van der Waals surface area contributed by atoms with Gasteiger partial charge >= 0.3 is 0 Å². The summed E-state index contributed by atoms with van der Waals surface area (Å²) in [5.41, 5.74) is 2.39. The van der Waals surface area contributed by atoms with Crippen molar-refractivity contribution >= 4 is 0 Å². The van der Waals surface area contributed by atoms with Crippen LogP contribution >= 0.6 is 0 Å². The molecule has 1 aromatic carbocycles. The van der Waals surface area contributed by atoms with Crippen molar-refractivity contribution in [1.82, 2.24) is 15.1 Å². The Morgan fingerprint density at radius 2 is 2.20 bits per heavy atom. The molecular weight excluding hydrogens is 254 g/mol. The second-order valence-corrected chi connectivity index (χ2v) is 4.92. The molecule has 0 aliphatic carbocycles. The Labute approximate surface area is 118 Å². The van der Waals surface area contributed by atoms with Gasteiger partial charge in [-0.15, -0.1) is 0 Å². The van der Waals surface area contributed by atoms with Gasteiger partial charge in [-0.25, -0.2) is 0 Å². The van der Waals surface area contributed by atoms with Gasteiger partial charge in [0.15, 0.2) is 11.5 Å². The molecule has 0 amide bonds. The summed E-state index contributed by atoms with van der Waals surface area (Å²) in [4.78, 5) is 0. The Kier molecular flexibility index (Phi) is 3.60. The Balaban J connectivity index is 1.61. The Morgan fingerprint density at radius 3 is 3.00 bits per heavy atom. The van der Waals surface area contributed by atoms with Crippen LogP contribution in [-0.4, -0.2) is 16.6 Å². The number of rotatable bonds is 5. The number of aryl methyl sites for hydroxylation is 1. The lowest BCUT2D eigenvalue weighted by Crippen LogP contribution is -2.17. The average Bonchev–Trinajstić information content (AvgIpc) is 3.12. The molecule has 5 nitrogen and oxygen atoms in total. The Morgan fingerprint density at radius 1 is 1.35 bits per heavy atom. The average molecular weight is 273 g/mol. The lowest BCUT2D eigenvalue weighted by atomic mass is 10.1. The van der Waals surface area contributed by atoms with Crippen LogP contribution in [0.25, 0.3) is 0 Å². The lowest BCUT2D eigenvalue weighted by molar-refractivity contribution is 0.174. The number of aromatic nitrogens is 2. The fourth-order valence-corrected chi connectivity index (χ4v) is 2.22. The van der Waals surface area contributed by atoms with Crippen molar-refractivity contribution in [3.63, 3.8) is 0 Å². The molecule has 106 valence electrons. The Bertz CT molecular complexity index is 595. The molecule has 1 aromatic heterocycles. The highest BCUT2D eigenvalue weighted by atomic mass is 16.7. The summed E-state index contributed by atoms with van der Waals surface area (Å²) >= 11 is 0. The maximum Gasteiger partial charge on any atom is 0.231 e. The van der Waals surface area contributed by atoms with Crippen LogP contribution in [0, 0.1) is 0 Å². The van der Waals surface area contributed by atoms with Crippen LogP contribution in [0.3, 0.4) is 0 Å². The van der Waals surface area contributed by atoms with Crippen LogP contribution in [0.2, 0.25) is 0 Å². The zero-order chi connectivity index (χ0) is 13.9. The molecule has 1 N–H and O–H groups in total. The zero-order valence-corrected chi connectivity index (χ0v) is 11.8. The molecule has 1 atom stereocenters. The molecule has 0 saturated heterocycles. The molecule has 1 aliphatic rings. The van der Waals surface area contributed by atoms with Crippen LogP contribution in [0.4, 0.5) is 0 Å². The van der Waals surface area contributed by atoms with Gasteiger partial charge < -0.3 is 14.8 Å². The van der Waals surface area contributed by atoms with Gasteiger partial charge in [-0.2, -0.15) is 5.10 Å². The van der Waals surface area contributed by atoms with Gasteiger partial charge in [0, 0.05) is 30.9 Å². The maximum absolute atomic E-state index is 5.39. The van der Waals surface area contributed by atoms with Gasteiger partial charge in [0.2, 0.25) is 6.79 Å². The van der Waals surface area contributed by atoms with Gasteiger partial charge in [0.25, 0.3) is 0 Å². The molecule has 5 heteroatoms. The van der Waals surface area contributed by atoms with E-state index in [2.05, 4.69) is 36.5 Å². The minimum absolute atomic E-state index is 0.265. The maximum atomic E-state index is 5.39. The van der Waals surface area contributed by atoms with E-state index < -0.39 is 0 Å². The minimum Gasteiger partial charge on any atom is -0.454 e. The molecule has 2 heterocycles. The van der Waals surface area contributed by atoms with Crippen molar-refractivity contribution in [3.05, 3.63) is 41.7 Å². The number of fused-ring (bicyclic) bond motifs is 1. The highest BCUT2D eigenvalue weighted by molar-refractivity contribution is 5.44. The number of hydrogen-bond acceptors (Lipinski definition) is 4. The van der Waals surface area contributed by atoms with Gasteiger partial charge in [-0.1, -0.05) is 6.07 Å². The van der Waals surface area contributed by atoms with E-state index >= 15 is 0 Å². The van der Waals surface area contributed by atoms with E-state index in [-0.39, 0.29) is 6.04 Å². The SMILES string of the molecule is CCn1cc(C(C)NCc2ccc3c(c2)OCO3)cn1. The third-order valence-corrected chi connectivity index (χ3v) is 3.53. The zero-order valence-electron chi connectivity index (χ0n) is 11.8. The number of nitrogens with zero attached hydrogens (tertiary/aromatic N) is 2. The van der Waals surface area contributed by atoms with Crippen LogP contribution in [-0.2, 0) is 13.1 Å². The van der Waals surface area contributed by atoms with Crippen molar-refractivity contribution < 1.29 is 9.47 Å². The van der Waals surface area contributed by atoms with Gasteiger partial charge in [-0.05, 0) is 31.5 Å². The fourth-order valence-electron chi connectivity index (χ4n) is 2.22. The molecule has 1 aliphatic heterocycles. The molecule has 20 heavy (non-hydrogen) atoms. The topological polar surface area (TPSA) is 48.3 Å². The van der Waals surface area contributed by atoms with Gasteiger partial charge in [-0.3, -0.25) is 4.68 Å². The van der Waals surface area contributed by atoms with Crippen LogP contribution in [0.1, 0.15) is 31.0 Å². The first kappa shape index (κ1) is 13.0. The van der Waals surface area contributed by atoms with E-state index in [0.29, 0.717) is 6.79 Å². The van der Waals surface area contributed by atoms with E-state index in [0.717, 1.165) is 24.6 Å². The Hall–Kier alpha value is -2.01. The first-order chi connectivity index (χ1) is 9.76. The molecule has 0 bridgehead atoms. The predicted octanol–water partition coefficient (Wildman–Crippen LogP) is 2.48. The molecule has 1 unspecified atom stereocenters. The van der Waals surface area contributed by atoms with Crippen LogP contribution in [0.5, 0.6) is 11.5 Å². The summed E-state index contributed by atoms with van der Waals surface area (Å²) in [6, 6.07) is 6.31. The molecular formula is C15H19N3O2. The van der Waals surface area contributed by atoms with Crippen molar-refractivity contribution in [2.24, 2.45) is 0 Å². The second-order valence-electron chi connectivity index (χ2n) is 4.92. The highest BCUT2D eigenvalue weighted by Crippen LogP contribution is 2.32. The lowest BCUT2D eigenvalue weighted by Gasteiger charge is -2.12. The third-order valence-electron chi connectivity index (χ3n) is 3.53. The van der Waals surface area contributed by atoms with Crippen LogP contribution < -0.4 is 14.8 Å². The number of benzene rings is 1. The van der Waals surface area contributed by atoms with Crippen LogP contribution in [0.15, 0.2) is 30.6 Å². The number of hydrogen-bond donors (Lipinski definition) is 1. The van der Waals surface area contributed by atoms with Crippen molar-refractivity contribution in [3.8, 4) is 11.5 Å². The molecule has 0 spiro atoms. The summed E-state index contributed by atoms with van der Waals surface area (Å²) in [5, 5.41) is 7.79. The van der Waals surface area contributed by atoms with Crippen molar-refractivity contribution in [2.75, 3.05) is 6.79 Å². The second kappa shape index (κ2) is 5.54. The molecule has 0 radical (unpaired) electrons. The normalized spacial score (nSPS) is 14.5. The largest absolute Gasteiger partial charge is 0.454 e. The summed E-state index contributed by atoms with van der Waals surface area (Å²) < 4.78 is 12.6. The van der Waals surface area contributed by atoms with E-state index in [9.17, 15) is 0 Å². The van der Waals surface area contributed by atoms with E-state index in [4.69, 9.17) is 9.47 Å². The van der Waals surface area contributed by atoms with E-state index in [1.54, 1.807) is 0 Å². The highest BCUT2D eigenvalue weighted by Gasteiger charge is 2.13. The van der Waals surface area contributed by atoms with E-state index in [1.165, 1.54) is 11.1 Å². The van der Waals surface area contributed by atoms with E-state index in [1.807, 2.05) is 23.0 Å². The standard InChI is InChI=1S/C15H19N3O2/c1-3-18-9-13(8-17-18)11(2)16-7-12-4-5-14-15(6-12)20-10-19-14/h4-6,8-9,11,16H,3,7,10H2,1-2H3. The van der Waals surface area contributed by atoms with Gasteiger partial charge in [0.1, 0.15) is 0 Å². The summed E-state index contributed by atoms with van der Waals surface area (Å²) in [6.45, 7) is 6.23. The fraction of sp³-hybridized carbons (Fsp3) is 0.400. The molecule has 2 aromatic rings. The molecule has 0 saturated carbocycles. The van der Waals surface area contributed by atoms with Crippen molar-refractivity contribution in [2.45, 2.75) is 33.0 Å². The first-order valence-electron chi connectivity index (χ1n) is 6.90. The van der Waals surface area contributed by atoms with Crippen molar-refractivity contribution in [1.29, 1.82) is 0 Å². The molecule has 3 rings (SSSR count). The van der Waals surface area contributed by atoms with Gasteiger partial charge in [0.05, 0.1) is 6.20 Å². The third kappa shape index (κ3) is 2.63. The molecule has 0 fully saturated rings. The summed E-state index contributed by atoms with van der Waals surface area (Å²) in [7, 11) is 0. The summed E-state index contributed by atoms with van der Waals surface area (Å²) in [6.07, 6.45) is 4.00. The summed E-state index contributed by atoms with van der Waals surface area (Å²) in [5.74, 6) is 1.65.